The van der Waals surface area contributed by atoms with E-state index in [0.29, 0.717) is 19.4 Å². The average Bonchev–Trinajstić information content (AvgIpc) is 3.11. The van der Waals surface area contributed by atoms with Gasteiger partial charge in [0, 0.05) is 37.1 Å². The van der Waals surface area contributed by atoms with E-state index < -0.39 is 0 Å². The number of tetrazole rings is 1. The SMILES string of the molecule is Cn1nc2c(c1NC(=O)CCCn1cnnn1)CSC2. The molecule has 106 valence electrons. The highest BCUT2D eigenvalue weighted by Crippen LogP contribution is 2.34. The Balaban J connectivity index is 1.54. The molecule has 20 heavy (non-hydrogen) atoms. The zero-order chi connectivity index (χ0) is 13.9. The van der Waals surface area contributed by atoms with Gasteiger partial charge in [0.05, 0.1) is 5.69 Å². The van der Waals surface area contributed by atoms with Crippen molar-refractivity contribution in [2.24, 2.45) is 7.05 Å². The lowest BCUT2D eigenvalue weighted by Crippen LogP contribution is -2.16. The fraction of sp³-hybridized carbons (Fsp3) is 0.545. The maximum Gasteiger partial charge on any atom is 0.225 e. The zero-order valence-electron chi connectivity index (χ0n) is 11.1. The van der Waals surface area contributed by atoms with Crippen LogP contribution in [-0.2, 0) is 29.9 Å². The van der Waals surface area contributed by atoms with Gasteiger partial charge in [0.15, 0.2) is 0 Å². The highest BCUT2D eigenvalue weighted by atomic mass is 32.2. The minimum absolute atomic E-state index is 0.000717. The van der Waals surface area contributed by atoms with Crippen molar-refractivity contribution in [3.05, 3.63) is 17.6 Å². The molecule has 0 spiro atoms. The molecule has 0 radical (unpaired) electrons. The molecule has 1 aliphatic heterocycles. The summed E-state index contributed by atoms with van der Waals surface area (Å²) in [5, 5.41) is 18.2. The van der Waals surface area contributed by atoms with Crippen molar-refractivity contribution in [2.45, 2.75) is 30.9 Å². The number of nitrogens with one attached hydrogen (secondary N) is 1. The maximum atomic E-state index is 12.0. The van der Waals surface area contributed by atoms with Gasteiger partial charge in [0.1, 0.15) is 12.1 Å². The number of nitrogens with zero attached hydrogens (tertiary/aromatic N) is 6. The number of carbonyl (C=O) groups is 1. The van der Waals surface area contributed by atoms with Crippen molar-refractivity contribution in [1.82, 2.24) is 30.0 Å². The molecule has 0 aliphatic carbocycles. The smallest absolute Gasteiger partial charge is 0.225 e. The van der Waals surface area contributed by atoms with E-state index in [4.69, 9.17) is 0 Å². The third-order valence-corrected chi connectivity index (χ3v) is 4.12. The second kappa shape index (κ2) is 5.61. The Kier molecular flexibility index (Phi) is 3.68. The molecular weight excluding hydrogens is 278 g/mol. The van der Waals surface area contributed by atoms with Gasteiger partial charge in [-0.1, -0.05) is 0 Å². The molecule has 9 heteroatoms. The van der Waals surface area contributed by atoms with E-state index in [-0.39, 0.29) is 5.91 Å². The van der Waals surface area contributed by atoms with Gasteiger partial charge in [-0.3, -0.25) is 9.48 Å². The number of hydrogen-bond donors (Lipinski definition) is 1. The lowest BCUT2D eigenvalue weighted by atomic mass is 10.2. The molecule has 0 saturated heterocycles. The first-order valence-electron chi connectivity index (χ1n) is 6.37. The Bertz CT molecular complexity index is 607. The normalized spacial score (nSPS) is 13.4. The van der Waals surface area contributed by atoms with Crippen molar-refractivity contribution < 1.29 is 4.79 Å². The number of anilines is 1. The molecule has 3 rings (SSSR count). The monoisotopic (exact) mass is 293 g/mol. The van der Waals surface area contributed by atoms with Crippen molar-refractivity contribution in [3.63, 3.8) is 0 Å². The van der Waals surface area contributed by atoms with Crippen LogP contribution in [0.15, 0.2) is 6.33 Å². The Morgan fingerprint density at radius 2 is 2.40 bits per heavy atom. The van der Waals surface area contributed by atoms with Crippen LogP contribution in [0.3, 0.4) is 0 Å². The fourth-order valence-electron chi connectivity index (χ4n) is 2.18. The second-order valence-electron chi connectivity index (χ2n) is 4.61. The Labute approximate surface area is 119 Å². The fourth-order valence-corrected chi connectivity index (χ4v) is 3.21. The molecule has 1 aliphatic rings. The molecule has 0 saturated carbocycles. The molecule has 1 amide bonds. The summed E-state index contributed by atoms with van der Waals surface area (Å²) in [7, 11) is 1.86. The van der Waals surface area contributed by atoms with Crippen molar-refractivity contribution in [2.75, 3.05) is 5.32 Å². The Hall–Kier alpha value is -1.90. The number of thioether (sulfide) groups is 1. The van der Waals surface area contributed by atoms with Gasteiger partial charge in [0.2, 0.25) is 5.91 Å². The zero-order valence-corrected chi connectivity index (χ0v) is 11.9. The summed E-state index contributed by atoms with van der Waals surface area (Å²) >= 11 is 1.82. The molecule has 0 unspecified atom stereocenters. The van der Waals surface area contributed by atoms with E-state index >= 15 is 0 Å². The molecule has 3 heterocycles. The largest absolute Gasteiger partial charge is 0.311 e. The van der Waals surface area contributed by atoms with Crippen LogP contribution >= 0.6 is 11.8 Å². The first-order chi connectivity index (χ1) is 9.74. The van der Waals surface area contributed by atoms with Crippen LogP contribution in [0.2, 0.25) is 0 Å². The van der Waals surface area contributed by atoms with Crippen LogP contribution < -0.4 is 5.32 Å². The van der Waals surface area contributed by atoms with Gasteiger partial charge in [-0.2, -0.15) is 16.9 Å². The van der Waals surface area contributed by atoms with Crippen molar-refractivity contribution in [1.29, 1.82) is 0 Å². The van der Waals surface area contributed by atoms with Gasteiger partial charge < -0.3 is 5.32 Å². The highest BCUT2D eigenvalue weighted by molar-refractivity contribution is 7.98. The van der Waals surface area contributed by atoms with E-state index in [9.17, 15) is 4.79 Å². The molecule has 2 aromatic heterocycles. The standard InChI is InChI=1S/C11H15N7OS/c1-17-11(8-5-20-6-9(8)14-17)13-10(19)3-2-4-18-7-12-15-16-18/h7H,2-6H2,1H3,(H,13,19). The summed E-state index contributed by atoms with van der Waals surface area (Å²) in [5.41, 5.74) is 2.24. The maximum absolute atomic E-state index is 12.0. The molecular formula is C11H15N7OS. The average molecular weight is 293 g/mol. The first kappa shape index (κ1) is 13.1. The predicted octanol–water partition coefficient (Wildman–Crippen LogP) is 0.572. The molecule has 8 nitrogen and oxygen atoms in total. The number of amides is 1. The molecule has 0 atom stereocenters. The van der Waals surface area contributed by atoms with E-state index in [1.807, 2.05) is 18.8 Å². The van der Waals surface area contributed by atoms with E-state index in [2.05, 4.69) is 25.9 Å². The van der Waals surface area contributed by atoms with Gasteiger partial charge in [-0.05, 0) is 16.8 Å². The number of aryl methyl sites for hydroxylation is 2. The summed E-state index contributed by atoms with van der Waals surface area (Å²) in [5.74, 6) is 2.68. The lowest BCUT2D eigenvalue weighted by Gasteiger charge is -2.07. The topological polar surface area (TPSA) is 90.5 Å². The number of carbonyl (C=O) groups excluding carboxylic acids is 1. The summed E-state index contributed by atoms with van der Waals surface area (Å²) in [6.45, 7) is 0.639. The van der Waals surface area contributed by atoms with Gasteiger partial charge >= 0.3 is 0 Å². The number of rotatable bonds is 5. The minimum atomic E-state index is 0.000717. The molecule has 2 aromatic rings. The van der Waals surface area contributed by atoms with Crippen LogP contribution in [0.25, 0.3) is 0 Å². The van der Waals surface area contributed by atoms with Crippen LogP contribution in [0.4, 0.5) is 5.82 Å². The van der Waals surface area contributed by atoms with Crippen LogP contribution in [-0.4, -0.2) is 35.9 Å². The Morgan fingerprint density at radius 3 is 3.20 bits per heavy atom. The van der Waals surface area contributed by atoms with E-state index in [1.165, 1.54) is 0 Å². The number of fused-ring (bicyclic) bond motifs is 1. The molecule has 0 fully saturated rings. The summed E-state index contributed by atoms with van der Waals surface area (Å²) in [6, 6.07) is 0. The van der Waals surface area contributed by atoms with Crippen molar-refractivity contribution in [3.8, 4) is 0 Å². The minimum Gasteiger partial charge on any atom is -0.311 e. The third kappa shape index (κ3) is 2.67. The number of aromatic nitrogens is 6. The molecule has 0 aromatic carbocycles. The summed E-state index contributed by atoms with van der Waals surface area (Å²) < 4.78 is 3.37. The van der Waals surface area contributed by atoms with Crippen LogP contribution in [0, 0.1) is 0 Å². The third-order valence-electron chi connectivity index (χ3n) is 3.15. The lowest BCUT2D eigenvalue weighted by molar-refractivity contribution is -0.116. The quantitative estimate of drug-likeness (QED) is 0.867. The van der Waals surface area contributed by atoms with Gasteiger partial charge in [-0.25, -0.2) is 4.68 Å². The second-order valence-corrected chi connectivity index (χ2v) is 5.60. The highest BCUT2D eigenvalue weighted by Gasteiger charge is 2.22. The van der Waals surface area contributed by atoms with Crippen molar-refractivity contribution >= 4 is 23.5 Å². The Morgan fingerprint density at radius 1 is 1.50 bits per heavy atom. The summed E-state index contributed by atoms with van der Waals surface area (Å²) in [6.07, 6.45) is 2.68. The van der Waals surface area contributed by atoms with Crippen LogP contribution in [0.5, 0.6) is 0 Å². The summed E-state index contributed by atoms with van der Waals surface area (Å²) in [4.78, 5) is 12.0. The van der Waals surface area contributed by atoms with E-state index in [1.54, 1.807) is 15.7 Å². The molecule has 0 bridgehead atoms. The molecule has 1 N–H and O–H groups in total. The van der Waals surface area contributed by atoms with Gasteiger partial charge in [-0.15, -0.1) is 5.10 Å². The van der Waals surface area contributed by atoms with E-state index in [0.717, 1.165) is 28.6 Å². The van der Waals surface area contributed by atoms with Crippen LogP contribution in [0.1, 0.15) is 24.1 Å². The number of hydrogen-bond acceptors (Lipinski definition) is 6. The van der Waals surface area contributed by atoms with Gasteiger partial charge in [0.25, 0.3) is 0 Å². The predicted molar refractivity (Wildman–Crippen MR) is 73.9 cm³/mol. The first-order valence-corrected chi connectivity index (χ1v) is 7.52.